The molecule has 2 aliphatic rings. The summed E-state index contributed by atoms with van der Waals surface area (Å²) in [5.74, 6) is 0.508. The van der Waals surface area contributed by atoms with Gasteiger partial charge in [-0.25, -0.2) is 8.42 Å². The first-order valence-electron chi connectivity index (χ1n) is 10.8. The van der Waals surface area contributed by atoms with E-state index < -0.39 is 22.0 Å². The lowest BCUT2D eigenvalue weighted by Gasteiger charge is -2.24. The van der Waals surface area contributed by atoms with Crippen LogP contribution in [0.4, 0.5) is 11.4 Å². The van der Waals surface area contributed by atoms with Crippen LogP contribution in [-0.2, 0) is 26.0 Å². The second-order valence-electron chi connectivity index (χ2n) is 8.05. The number of aryl methyl sites for hydroxylation is 1. The molecular formula is C23H27N3O6S. The van der Waals surface area contributed by atoms with Crippen LogP contribution in [0.5, 0.6) is 11.5 Å². The number of sulfonamides is 1. The van der Waals surface area contributed by atoms with Crippen LogP contribution in [0.2, 0.25) is 0 Å². The van der Waals surface area contributed by atoms with Gasteiger partial charge in [-0.05, 0) is 61.6 Å². The van der Waals surface area contributed by atoms with E-state index in [2.05, 4.69) is 10.6 Å². The van der Waals surface area contributed by atoms with Crippen molar-refractivity contribution in [3.8, 4) is 11.5 Å². The molecular weight excluding hydrogens is 446 g/mol. The lowest BCUT2D eigenvalue weighted by atomic mass is 10.1. The summed E-state index contributed by atoms with van der Waals surface area (Å²) in [5.41, 5.74) is 1.86. The van der Waals surface area contributed by atoms with Crippen molar-refractivity contribution in [2.75, 3.05) is 31.4 Å². The zero-order chi connectivity index (χ0) is 23.6. The quantitative estimate of drug-likeness (QED) is 0.667. The summed E-state index contributed by atoms with van der Waals surface area (Å²) in [4.78, 5) is 25.0. The number of nitrogens with one attached hydrogen (secondary N) is 2. The van der Waals surface area contributed by atoms with Crippen molar-refractivity contribution in [2.24, 2.45) is 0 Å². The molecule has 2 aromatic carbocycles. The molecule has 0 aromatic heterocycles. The first kappa shape index (κ1) is 23.1. The topological polar surface area (TPSA) is 114 Å². The van der Waals surface area contributed by atoms with E-state index in [0.29, 0.717) is 55.0 Å². The van der Waals surface area contributed by atoms with E-state index in [1.54, 1.807) is 30.3 Å². The highest BCUT2D eigenvalue weighted by Crippen LogP contribution is 2.33. The molecule has 1 unspecified atom stereocenters. The van der Waals surface area contributed by atoms with E-state index in [4.69, 9.17) is 9.47 Å². The predicted molar refractivity (Wildman–Crippen MR) is 123 cm³/mol. The standard InChI is InChI=1S/C23H27N3O6S/c1-31-16-8-10-19(21(14-16)32-2)25-23(28)20-6-4-12-26(20)33(29,30)17-9-11-18-15(13-17)5-3-7-22(27)24-18/h8-11,13-14,20H,3-7,12H2,1-2H3,(H,24,27)(H,25,28). The molecule has 33 heavy (non-hydrogen) atoms. The Balaban J connectivity index is 1.57. The summed E-state index contributed by atoms with van der Waals surface area (Å²) in [6.45, 7) is 0.258. The van der Waals surface area contributed by atoms with Gasteiger partial charge in [0.25, 0.3) is 0 Å². The monoisotopic (exact) mass is 473 g/mol. The van der Waals surface area contributed by atoms with Crippen molar-refractivity contribution >= 4 is 33.2 Å². The molecule has 4 rings (SSSR count). The van der Waals surface area contributed by atoms with Gasteiger partial charge in [0, 0.05) is 24.7 Å². The normalized spacial score (nSPS) is 18.7. The van der Waals surface area contributed by atoms with Gasteiger partial charge in [-0.1, -0.05) is 0 Å². The average molecular weight is 474 g/mol. The number of hydrogen-bond acceptors (Lipinski definition) is 6. The highest BCUT2D eigenvalue weighted by Gasteiger charge is 2.40. The highest BCUT2D eigenvalue weighted by atomic mass is 32.2. The van der Waals surface area contributed by atoms with Crippen molar-refractivity contribution in [3.63, 3.8) is 0 Å². The molecule has 9 nitrogen and oxygen atoms in total. The van der Waals surface area contributed by atoms with Crippen molar-refractivity contribution < 1.29 is 27.5 Å². The summed E-state index contributed by atoms with van der Waals surface area (Å²) < 4.78 is 38.7. The largest absolute Gasteiger partial charge is 0.497 e. The molecule has 2 heterocycles. The zero-order valence-electron chi connectivity index (χ0n) is 18.6. The summed E-state index contributed by atoms with van der Waals surface area (Å²) in [6.07, 6.45) is 2.67. The Morgan fingerprint density at radius 3 is 2.67 bits per heavy atom. The Hall–Kier alpha value is -3.11. The Kier molecular flexibility index (Phi) is 6.57. The van der Waals surface area contributed by atoms with E-state index in [-0.39, 0.29) is 17.3 Å². The van der Waals surface area contributed by atoms with Gasteiger partial charge in [-0.2, -0.15) is 4.31 Å². The number of methoxy groups -OCH3 is 2. The fourth-order valence-corrected chi connectivity index (χ4v) is 5.96. The van der Waals surface area contributed by atoms with Gasteiger partial charge in [-0.15, -0.1) is 0 Å². The molecule has 1 atom stereocenters. The van der Waals surface area contributed by atoms with Crippen molar-refractivity contribution in [1.82, 2.24) is 4.31 Å². The third-order valence-corrected chi connectivity index (χ3v) is 7.88. The van der Waals surface area contributed by atoms with Gasteiger partial charge in [0.1, 0.15) is 17.5 Å². The molecule has 2 N–H and O–H groups in total. The van der Waals surface area contributed by atoms with E-state index in [0.717, 1.165) is 5.56 Å². The Morgan fingerprint density at radius 2 is 1.91 bits per heavy atom. The maximum Gasteiger partial charge on any atom is 0.243 e. The minimum Gasteiger partial charge on any atom is -0.497 e. The summed E-state index contributed by atoms with van der Waals surface area (Å²) in [5, 5.41) is 5.61. The SMILES string of the molecule is COc1ccc(NC(=O)C2CCCN2S(=O)(=O)c2ccc3c(c2)CCCC(=O)N3)c(OC)c1. The Bertz CT molecular complexity index is 1180. The number of benzene rings is 2. The molecule has 176 valence electrons. The second kappa shape index (κ2) is 9.40. The first-order chi connectivity index (χ1) is 15.8. The molecule has 0 bridgehead atoms. The maximum absolute atomic E-state index is 13.5. The maximum atomic E-state index is 13.5. The molecule has 2 aromatic rings. The van der Waals surface area contributed by atoms with Crippen LogP contribution in [0.1, 0.15) is 31.2 Å². The van der Waals surface area contributed by atoms with Crippen molar-refractivity contribution in [2.45, 2.75) is 43.0 Å². The van der Waals surface area contributed by atoms with E-state index in [1.165, 1.54) is 24.6 Å². The number of carbonyl (C=O) groups is 2. The van der Waals surface area contributed by atoms with E-state index in [1.807, 2.05) is 0 Å². The minimum absolute atomic E-state index is 0.0744. The molecule has 1 fully saturated rings. The molecule has 0 radical (unpaired) electrons. The van der Waals surface area contributed by atoms with Gasteiger partial charge < -0.3 is 20.1 Å². The van der Waals surface area contributed by atoms with Crippen LogP contribution < -0.4 is 20.1 Å². The van der Waals surface area contributed by atoms with Gasteiger partial charge in [0.05, 0.1) is 24.8 Å². The van der Waals surface area contributed by atoms with E-state index in [9.17, 15) is 18.0 Å². The fourth-order valence-electron chi connectivity index (χ4n) is 4.25. The summed E-state index contributed by atoms with van der Waals surface area (Å²) in [6, 6.07) is 8.88. The van der Waals surface area contributed by atoms with Gasteiger partial charge in [-0.3, -0.25) is 9.59 Å². The summed E-state index contributed by atoms with van der Waals surface area (Å²) >= 11 is 0. The van der Waals surface area contributed by atoms with Crippen molar-refractivity contribution in [3.05, 3.63) is 42.0 Å². The van der Waals surface area contributed by atoms with Crippen LogP contribution in [-0.4, -0.2) is 51.3 Å². The first-order valence-corrected chi connectivity index (χ1v) is 12.2. The highest BCUT2D eigenvalue weighted by molar-refractivity contribution is 7.89. The fraction of sp³-hybridized carbons (Fsp3) is 0.391. The molecule has 0 aliphatic carbocycles. The minimum atomic E-state index is -3.90. The number of ether oxygens (including phenoxy) is 2. The van der Waals surface area contributed by atoms with Crippen LogP contribution in [0.15, 0.2) is 41.3 Å². The Labute approximate surface area is 193 Å². The number of fused-ring (bicyclic) bond motifs is 1. The molecule has 10 heteroatoms. The average Bonchev–Trinajstić information content (AvgIpc) is 3.23. The predicted octanol–water partition coefficient (Wildman–Crippen LogP) is 2.77. The van der Waals surface area contributed by atoms with Crippen LogP contribution >= 0.6 is 0 Å². The third kappa shape index (κ3) is 4.67. The number of carbonyl (C=O) groups excluding carboxylic acids is 2. The third-order valence-electron chi connectivity index (χ3n) is 5.98. The lowest BCUT2D eigenvalue weighted by molar-refractivity contribution is -0.119. The van der Waals surface area contributed by atoms with Gasteiger partial charge >= 0.3 is 0 Å². The molecule has 0 saturated carbocycles. The van der Waals surface area contributed by atoms with Crippen LogP contribution in [0.25, 0.3) is 0 Å². The molecule has 2 amide bonds. The van der Waals surface area contributed by atoms with Gasteiger partial charge in [0.2, 0.25) is 21.8 Å². The molecule has 2 aliphatic heterocycles. The Morgan fingerprint density at radius 1 is 1.09 bits per heavy atom. The van der Waals surface area contributed by atoms with Crippen molar-refractivity contribution in [1.29, 1.82) is 0 Å². The molecule has 0 spiro atoms. The van der Waals surface area contributed by atoms with E-state index >= 15 is 0 Å². The second-order valence-corrected chi connectivity index (χ2v) is 9.94. The number of anilines is 2. The van der Waals surface area contributed by atoms with Crippen LogP contribution in [0, 0.1) is 0 Å². The summed E-state index contributed by atoms with van der Waals surface area (Å²) in [7, 11) is -0.886. The number of amides is 2. The van der Waals surface area contributed by atoms with Gasteiger partial charge in [0.15, 0.2) is 0 Å². The lowest BCUT2D eigenvalue weighted by Crippen LogP contribution is -2.43. The number of nitrogens with zero attached hydrogens (tertiary/aromatic N) is 1. The molecule has 1 saturated heterocycles. The smallest absolute Gasteiger partial charge is 0.243 e. The number of hydrogen-bond donors (Lipinski definition) is 2. The zero-order valence-corrected chi connectivity index (χ0v) is 19.4. The van der Waals surface area contributed by atoms with Crippen LogP contribution in [0.3, 0.4) is 0 Å². The number of rotatable bonds is 6.